The quantitative estimate of drug-likeness (QED) is 0.598. The van der Waals surface area contributed by atoms with Gasteiger partial charge in [0, 0.05) is 6.42 Å². The van der Waals surface area contributed by atoms with E-state index in [4.69, 9.17) is 9.47 Å². The molecule has 0 saturated heterocycles. The Labute approximate surface area is 141 Å². The minimum atomic E-state index is -0.793. The van der Waals surface area contributed by atoms with E-state index in [9.17, 15) is 9.59 Å². The van der Waals surface area contributed by atoms with Gasteiger partial charge in [-0.3, -0.25) is 4.79 Å². The highest BCUT2D eigenvalue weighted by Crippen LogP contribution is 2.14. The maximum Gasteiger partial charge on any atom is 0.333 e. The van der Waals surface area contributed by atoms with Crippen molar-refractivity contribution in [3.8, 4) is 5.75 Å². The van der Waals surface area contributed by atoms with Crippen LogP contribution in [0.5, 0.6) is 5.75 Å². The normalized spacial score (nSPS) is 11.4. The fourth-order valence-electron chi connectivity index (χ4n) is 2.21. The number of rotatable bonds is 8. The summed E-state index contributed by atoms with van der Waals surface area (Å²) in [6, 6.07) is 17.7. The molecule has 2 aromatic carbocycles. The van der Waals surface area contributed by atoms with Gasteiger partial charge in [0.1, 0.15) is 5.75 Å². The van der Waals surface area contributed by atoms with Crippen molar-refractivity contribution in [1.82, 2.24) is 5.32 Å². The second-order valence-electron chi connectivity index (χ2n) is 5.20. The second-order valence-corrected chi connectivity index (χ2v) is 5.20. The number of amides is 1. The molecule has 1 atom stereocenters. The highest BCUT2D eigenvalue weighted by Gasteiger charge is 2.22. The summed E-state index contributed by atoms with van der Waals surface area (Å²) in [6.07, 6.45) is 0.830. The summed E-state index contributed by atoms with van der Waals surface area (Å²) >= 11 is 0. The molecule has 0 aliphatic rings. The third-order valence-electron chi connectivity index (χ3n) is 3.44. The van der Waals surface area contributed by atoms with Crippen molar-refractivity contribution in [2.75, 3.05) is 13.7 Å². The lowest BCUT2D eigenvalue weighted by molar-refractivity contribution is -0.145. The lowest BCUT2D eigenvalue weighted by Gasteiger charge is -2.17. The van der Waals surface area contributed by atoms with Crippen LogP contribution in [0.25, 0.3) is 0 Å². The Morgan fingerprint density at radius 3 is 2.25 bits per heavy atom. The van der Waals surface area contributed by atoms with Crippen molar-refractivity contribution in [3.63, 3.8) is 0 Å². The van der Waals surface area contributed by atoms with Gasteiger partial charge < -0.3 is 14.8 Å². The minimum Gasteiger partial charge on any atom is -0.494 e. The first kappa shape index (κ1) is 17.5. The van der Waals surface area contributed by atoms with Gasteiger partial charge in [-0.1, -0.05) is 48.5 Å². The van der Waals surface area contributed by atoms with E-state index >= 15 is 0 Å². The van der Waals surface area contributed by atoms with Gasteiger partial charge in [-0.2, -0.15) is 0 Å². The third kappa shape index (κ3) is 5.43. The molecule has 24 heavy (non-hydrogen) atoms. The van der Waals surface area contributed by atoms with Crippen LogP contribution in [0.4, 0.5) is 0 Å². The van der Waals surface area contributed by atoms with Crippen LogP contribution in [0.15, 0.2) is 60.7 Å². The Hall–Kier alpha value is -2.82. The predicted molar refractivity (Wildman–Crippen MR) is 90.5 cm³/mol. The zero-order valence-corrected chi connectivity index (χ0v) is 13.6. The molecule has 1 amide bonds. The fourth-order valence-corrected chi connectivity index (χ4v) is 2.21. The molecule has 0 heterocycles. The smallest absolute Gasteiger partial charge is 0.333 e. The fraction of sp³-hybridized carbons (Fsp3) is 0.263. The van der Waals surface area contributed by atoms with E-state index in [1.807, 2.05) is 48.5 Å². The SMILES string of the molecule is COC(=O)C(NC(=O)CCCOc1ccccc1)c1ccccc1. The number of esters is 1. The van der Waals surface area contributed by atoms with Gasteiger partial charge in [0.25, 0.3) is 0 Å². The van der Waals surface area contributed by atoms with Crippen molar-refractivity contribution < 1.29 is 19.1 Å². The van der Waals surface area contributed by atoms with Crippen molar-refractivity contribution >= 4 is 11.9 Å². The predicted octanol–water partition coefficient (Wildman–Crippen LogP) is 2.88. The zero-order chi connectivity index (χ0) is 17.2. The number of carbonyl (C=O) groups is 2. The Kier molecular flexibility index (Phi) is 6.83. The largest absolute Gasteiger partial charge is 0.494 e. The highest BCUT2D eigenvalue weighted by atomic mass is 16.5. The van der Waals surface area contributed by atoms with Crippen LogP contribution >= 0.6 is 0 Å². The number of hydrogen-bond acceptors (Lipinski definition) is 4. The van der Waals surface area contributed by atoms with Crippen molar-refractivity contribution in [2.45, 2.75) is 18.9 Å². The van der Waals surface area contributed by atoms with Crippen LogP contribution in [0.3, 0.4) is 0 Å². The molecule has 0 saturated carbocycles. The van der Waals surface area contributed by atoms with Crippen LogP contribution in [0.2, 0.25) is 0 Å². The van der Waals surface area contributed by atoms with Crippen LogP contribution < -0.4 is 10.1 Å². The van der Waals surface area contributed by atoms with Crippen molar-refractivity contribution in [1.29, 1.82) is 0 Å². The Morgan fingerprint density at radius 2 is 1.62 bits per heavy atom. The van der Waals surface area contributed by atoms with Gasteiger partial charge in [0.05, 0.1) is 13.7 Å². The van der Waals surface area contributed by atoms with Crippen LogP contribution in [-0.2, 0) is 14.3 Å². The number of para-hydroxylation sites is 1. The first-order chi connectivity index (χ1) is 11.7. The molecule has 0 spiro atoms. The topological polar surface area (TPSA) is 64.6 Å². The lowest BCUT2D eigenvalue weighted by atomic mass is 10.1. The van der Waals surface area contributed by atoms with E-state index in [0.29, 0.717) is 18.6 Å². The Balaban J connectivity index is 1.81. The molecule has 5 nitrogen and oxygen atoms in total. The highest BCUT2D eigenvalue weighted by molar-refractivity contribution is 5.85. The molecular weight excluding hydrogens is 306 g/mol. The van der Waals surface area contributed by atoms with Crippen LogP contribution in [-0.4, -0.2) is 25.6 Å². The number of ether oxygens (including phenoxy) is 2. The van der Waals surface area contributed by atoms with E-state index < -0.39 is 12.0 Å². The molecule has 2 rings (SSSR count). The minimum absolute atomic E-state index is 0.217. The standard InChI is InChI=1S/C19H21NO4/c1-23-19(22)18(15-9-4-2-5-10-15)20-17(21)13-8-14-24-16-11-6-3-7-12-16/h2-7,9-12,18H,8,13-14H2,1H3,(H,20,21). The molecule has 1 unspecified atom stereocenters. The second kappa shape index (κ2) is 9.35. The molecule has 0 aliphatic heterocycles. The molecule has 1 N–H and O–H groups in total. The maximum atomic E-state index is 12.1. The van der Waals surface area contributed by atoms with Gasteiger partial charge in [-0.25, -0.2) is 4.79 Å². The average molecular weight is 327 g/mol. The summed E-state index contributed by atoms with van der Waals surface area (Å²) in [4.78, 5) is 24.0. The molecule has 0 bridgehead atoms. The van der Waals surface area contributed by atoms with Gasteiger partial charge in [-0.05, 0) is 24.1 Å². The summed E-state index contributed by atoms with van der Waals surface area (Å²) in [5.41, 5.74) is 0.693. The molecule has 2 aromatic rings. The number of hydrogen-bond donors (Lipinski definition) is 1. The summed E-state index contributed by atoms with van der Waals surface area (Å²) in [5, 5.41) is 2.71. The van der Waals surface area contributed by atoms with E-state index in [1.54, 1.807) is 12.1 Å². The summed E-state index contributed by atoms with van der Waals surface area (Å²) in [5.74, 6) is 0.0654. The lowest BCUT2D eigenvalue weighted by Crippen LogP contribution is -2.34. The molecule has 0 aliphatic carbocycles. The van der Waals surface area contributed by atoms with Gasteiger partial charge >= 0.3 is 5.97 Å². The van der Waals surface area contributed by atoms with E-state index in [-0.39, 0.29) is 12.3 Å². The molecule has 5 heteroatoms. The van der Waals surface area contributed by atoms with Gasteiger partial charge in [-0.15, -0.1) is 0 Å². The monoisotopic (exact) mass is 327 g/mol. The average Bonchev–Trinajstić information content (AvgIpc) is 2.64. The number of nitrogens with one attached hydrogen (secondary N) is 1. The van der Waals surface area contributed by atoms with E-state index in [2.05, 4.69) is 5.32 Å². The summed E-state index contributed by atoms with van der Waals surface area (Å²) in [7, 11) is 1.30. The molecule has 0 aromatic heterocycles. The number of methoxy groups -OCH3 is 1. The Bertz CT molecular complexity index is 643. The van der Waals surface area contributed by atoms with Crippen molar-refractivity contribution in [2.24, 2.45) is 0 Å². The van der Waals surface area contributed by atoms with Crippen LogP contribution in [0, 0.1) is 0 Å². The number of benzene rings is 2. The molecular formula is C19H21NO4. The van der Waals surface area contributed by atoms with E-state index in [1.165, 1.54) is 7.11 Å². The molecule has 0 radical (unpaired) electrons. The summed E-state index contributed by atoms with van der Waals surface area (Å²) in [6.45, 7) is 0.436. The van der Waals surface area contributed by atoms with Crippen molar-refractivity contribution in [3.05, 3.63) is 66.2 Å². The van der Waals surface area contributed by atoms with E-state index in [0.717, 1.165) is 5.75 Å². The molecule has 0 fully saturated rings. The number of carbonyl (C=O) groups excluding carboxylic acids is 2. The summed E-state index contributed by atoms with van der Waals surface area (Å²) < 4.78 is 10.3. The zero-order valence-electron chi connectivity index (χ0n) is 13.6. The first-order valence-corrected chi connectivity index (χ1v) is 7.80. The first-order valence-electron chi connectivity index (χ1n) is 7.80. The third-order valence-corrected chi connectivity index (χ3v) is 3.44. The Morgan fingerprint density at radius 1 is 1.00 bits per heavy atom. The molecule has 126 valence electrons. The maximum absolute atomic E-state index is 12.1. The van der Waals surface area contributed by atoms with Gasteiger partial charge in [0.15, 0.2) is 6.04 Å². The van der Waals surface area contributed by atoms with Gasteiger partial charge in [0.2, 0.25) is 5.91 Å². The van der Waals surface area contributed by atoms with Crippen LogP contribution in [0.1, 0.15) is 24.4 Å².